The molecule has 3 aromatic rings. The number of nitrogens with two attached hydrogens (primary N) is 1. The van der Waals surface area contributed by atoms with Crippen LogP contribution in [0, 0.1) is 0 Å². The molecule has 6 heterocycles. The fourth-order valence-corrected chi connectivity index (χ4v) is 8.96. The number of hydrogen-bond acceptors (Lipinski definition) is 9. The van der Waals surface area contributed by atoms with E-state index in [1.165, 1.54) is 49.2 Å². The third-order valence-electron chi connectivity index (χ3n) is 9.41. The van der Waals surface area contributed by atoms with Crippen molar-refractivity contribution in [2.24, 2.45) is 0 Å². The van der Waals surface area contributed by atoms with Crippen LogP contribution in [-0.4, -0.2) is 82.3 Å². The molecule has 0 radical (unpaired) electrons. The molecule has 270 valence electrons. The monoisotopic (exact) mass is 756 g/mol. The van der Waals surface area contributed by atoms with E-state index in [-0.39, 0.29) is 40.3 Å². The summed E-state index contributed by atoms with van der Waals surface area (Å²) in [6.07, 6.45) is 0.615. The molecular formula is C33H38Cl2F4N8O2S. The predicted molar refractivity (Wildman–Crippen MR) is 187 cm³/mol. The average molecular weight is 758 g/mol. The molecule has 0 saturated carbocycles. The van der Waals surface area contributed by atoms with Crippen molar-refractivity contribution in [1.29, 1.82) is 0 Å². The Bertz CT molecular complexity index is 1790. The van der Waals surface area contributed by atoms with Gasteiger partial charge in [-0.15, -0.1) is 11.8 Å². The highest BCUT2D eigenvalue weighted by Crippen LogP contribution is 2.49. The largest absolute Gasteiger partial charge is 0.467 e. The summed E-state index contributed by atoms with van der Waals surface area (Å²) in [6, 6.07) is 3.24. The Hall–Kier alpha value is -3.27. The van der Waals surface area contributed by atoms with Crippen molar-refractivity contribution in [3.05, 3.63) is 67.9 Å². The molecule has 1 amide bonds. The smallest absolute Gasteiger partial charge is 0.418 e. The van der Waals surface area contributed by atoms with E-state index in [9.17, 15) is 22.4 Å². The first kappa shape index (κ1) is 36.5. The third kappa shape index (κ3) is 7.37. The number of benzene rings is 1. The molecule has 0 aliphatic carbocycles. The molecule has 2 aromatic heterocycles. The summed E-state index contributed by atoms with van der Waals surface area (Å²) in [6.45, 7) is 3.57. The van der Waals surface area contributed by atoms with Gasteiger partial charge in [0.15, 0.2) is 5.69 Å². The Kier molecular flexibility index (Phi) is 10.8. The minimum absolute atomic E-state index is 0.0239. The Morgan fingerprint density at radius 1 is 1.12 bits per heavy atom. The summed E-state index contributed by atoms with van der Waals surface area (Å²) in [7, 11) is 4.71. The van der Waals surface area contributed by atoms with Crippen LogP contribution in [0.1, 0.15) is 69.5 Å². The normalized spacial score (nSPS) is 21.2. The molecule has 10 nitrogen and oxygen atoms in total. The number of methoxy groups -OCH3 is 1. The van der Waals surface area contributed by atoms with Crippen LogP contribution in [0.2, 0.25) is 10.0 Å². The molecule has 2 atom stereocenters. The molecule has 4 aliphatic rings. The van der Waals surface area contributed by atoms with Gasteiger partial charge in [0, 0.05) is 68.4 Å². The number of alkyl halides is 3. The number of ether oxygens (including phenoxy) is 1. The number of halogens is 6. The van der Waals surface area contributed by atoms with Gasteiger partial charge in [-0.25, -0.2) is 4.39 Å². The van der Waals surface area contributed by atoms with E-state index in [1.807, 2.05) is 4.90 Å². The first-order valence-corrected chi connectivity index (χ1v) is 18.0. The topological polar surface area (TPSA) is 106 Å². The summed E-state index contributed by atoms with van der Waals surface area (Å²) in [5, 5.41) is 3.73. The van der Waals surface area contributed by atoms with Gasteiger partial charge in [0.1, 0.15) is 5.82 Å². The van der Waals surface area contributed by atoms with E-state index >= 15 is 0 Å². The summed E-state index contributed by atoms with van der Waals surface area (Å²) in [5.74, 6) is 0.679. The van der Waals surface area contributed by atoms with Gasteiger partial charge in [0.25, 0.3) is 5.91 Å². The zero-order valence-electron chi connectivity index (χ0n) is 27.9. The number of aromatic nitrogens is 4. The van der Waals surface area contributed by atoms with Crippen molar-refractivity contribution in [1.82, 2.24) is 29.5 Å². The number of anilines is 2. The maximum Gasteiger partial charge on any atom is 0.418 e. The second-order valence-electron chi connectivity index (χ2n) is 13.0. The van der Waals surface area contributed by atoms with Crippen molar-refractivity contribution in [2.75, 3.05) is 51.5 Å². The SMILES string of the molecule is COc1nc2c(c(N3CCCn4nc(C(=O)N(C)C)c(Cl)c4C3)n1)CSC(c1cc(N)cc(Cl)c1C(F)(F)F)C2.F/C=C1/CC2CCCN2C1. The number of carbonyl (C=O) groups excluding carboxylic acids is 1. The number of aryl methyl sites for hydroxylation is 1. The molecule has 4 aliphatic heterocycles. The van der Waals surface area contributed by atoms with Gasteiger partial charge < -0.3 is 20.3 Å². The second kappa shape index (κ2) is 14.8. The molecule has 17 heteroatoms. The zero-order valence-corrected chi connectivity index (χ0v) is 30.2. The lowest BCUT2D eigenvalue weighted by atomic mass is 9.98. The van der Waals surface area contributed by atoms with E-state index in [0.29, 0.717) is 55.1 Å². The van der Waals surface area contributed by atoms with E-state index in [0.717, 1.165) is 36.5 Å². The number of amides is 1. The number of nitrogens with zero attached hydrogens (tertiary/aromatic N) is 7. The molecule has 50 heavy (non-hydrogen) atoms. The van der Waals surface area contributed by atoms with Crippen LogP contribution in [-0.2, 0) is 31.4 Å². The predicted octanol–water partition coefficient (Wildman–Crippen LogP) is 6.94. The van der Waals surface area contributed by atoms with Crippen LogP contribution >= 0.6 is 35.0 Å². The molecule has 7 rings (SSSR count). The number of carbonyl (C=O) groups is 1. The number of hydrogen-bond donors (Lipinski definition) is 1. The lowest BCUT2D eigenvalue weighted by Gasteiger charge is -2.31. The highest BCUT2D eigenvalue weighted by molar-refractivity contribution is 7.98. The summed E-state index contributed by atoms with van der Waals surface area (Å²) < 4.78 is 61.1. The lowest BCUT2D eigenvalue weighted by Crippen LogP contribution is -2.27. The Morgan fingerprint density at radius 2 is 1.90 bits per heavy atom. The average Bonchev–Trinajstić information content (AvgIpc) is 3.71. The Balaban J connectivity index is 0.000000367. The number of rotatable bonds is 4. The van der Waals surface area contributed by atoms with Gasteiger partial charge in [-0.1, -0.05) is 23.2 Å². The molecule has 2 unspecified atom stereocenters. The van der Waals surface area contributed by atoms with E-state index in [2.05, 4.69) is 20.0 Å². The van der Waals surface area contributed by atoms with Gasteiger partial charge in [-0.3, -0.25) is 14.4 Å². The quantitative estimate of drug-likeness (QED) is 0.224. The molecule has 2 saturated heterocycles. The van der Waals surface area contributed by atoms with Crippen molar-refractivity contribution >= 4 is 52.4 Å². The standard InChI is InChI=1S/C25H26Cl2F3N7O2S.C8H12FN/c1-35(2)23(38)21-20(27)17-10-36(5-4-6-37(17)34-21)22-14-11-40-18(9-16(14)32-24(33-22)39-3)13-7-12(31)8-15(26)19(13)25(28,29)30;9-5-7-4-8-2-1-3-10(8)6-7/h7-8,18H,4-6,9-11,31H2,1-3H3;5,8H,1-4,6H2/b;7-5-. The highest BCUT2D eigenvalue weighted by Gasteiger charge is 2.40. The van der Waals surface area contributed by atoms with Gasteiger partial charge in [-0.05, 0) is 55.5 Å². The fourth-order valence-electron chi connectivity index (χ4n) is 7.04. The summed E-state index contributed by atoms with van der Waals surface area (Å²) in [5.41, 5.74) is 8.44. The number of fused-ring (bicyclic) bond motifs is 3. The summed E-state index contributed by atoms with van der Waals surface area (Å²) in [4.78, 5) is 27.6. The van der Waals surface area contributed by atoms with Crippen LogP contribution < -0.4 is 15.4 Å². The van der Waals surface area contributed by atoms with Crippen molar-refractivity contribution in [3.63, 3.8) is 0 Å². The Labute approximate surface area is 301 Å². The molecule has 0 spiro atoms. The second-order valence-corrected chi connectivity index (χ2v) is 14.9. The lowest BCUT2D eigenvalue weighted by molar-refractivity contribution is -0.138. The third-order valence-corrected chi connectivity index (χ3v) is 11.4. The van der Waals surface area contributed by atoms with Crippen molar-refractivity contribution in [2.45, 2.75) is 68.4 Å². The minimum atomic E-state index is -4.64. The van der Waals surface area contributed by atoms with E-state index < -0.39 is 22.0 Å². The van der Waals surface area contributed by atoms with Crippen LogP contribution in [0.15, 0.2) is 24.0 Å². The van der Waals surface area contributed by atoms with Crippen LogP contribution in [0.4, 0.5) is 29.1 Å². The number of nitrogen functional groups attached to an aromatic ring is 1. The molecule has 2 N–H and O–H groups in total. The maximum atomic E-state index is 14.0. The van der Waals surface area contributed by atoms with Crippen LogP contribution in [0.5, 0.6) is 6.01 Å². The molecule has 0 bridgehead atoms. The van der Waals surface area contributed by atoms with Crippen molar-refractivity contribution in [3.8, 4) is 6.01 Å². The molecular weight excluding hydrogens is 719 g/mol. The van der Waals surface area contributed by atoms with Crippen LogP contribution in [0.25, 0.3) is 0 Å². The Morgan fingerprint density at radius 3 is 2.58 bits per heavy atom. The first-order valence-electron chi connectivity index (χ1n) is 16.2. The van der Waals surface area contributed by atoms with Gasteiger partial charge in [0.2, 0.25) is 0 Å². The maximum absolute atomic E-state index is 14.0. The van der Waals surface area contributed by atoms with Crippen LogP contribution in [0.3, 0.4) is 0 Å². The van der Waals surface area contributed by atoms with E-state index in [4.69, 9.17) is 33.7 Å². The molecule has 2 fully saturated rings. The van der Waals surface area contributed by atoms with Gasteiger partial charge in [-0.2, -0.15) is 28.2 Å². The molecule has 1 aromatic carbocycles. The van der Waals surface area contributed by atoms with Gasteiger partial charge in [0.05, 0.1) is 47.0 Å². The number of thioether (sulfide) groups is 1. The summed E-state index contributed by atoms with van der Waals surface area (Å²) >= 11 is 14.0. The fraction of sp³-hybridized carbons (Fsp3) is 0.515. The van der Waals surface area contributed by atoms with Gasteiger partial charge >= 0.3 is 12.2 Å². The van der Waals surface area contributed by atoms with E-state index in [1.54, 1.807) is 18.8 Å². The highest BCUT2D eigenvalue weighted by atomic mass is 35.5. The van der Waals surface area contributed by atoms with Crippen molar-refractivity contribution < 1.29 is 27.1 Å². The zero-order chi connectivity index (χ0) is 35.9. The minimum Gasteiger partial charge on any atom is -0.467 e. The first-order chi connectivity index (χ1) is 23.8.